The lowest BCUT2D eigenvalue weighted by atomic mass is 10.0. The van der Waals surface area contributed by atoms with Crippen LogP contribution in [-0.4, -0.2) is 31.0 Å². The van der Waals surface area contributed by atoms with Crippen molar-refractivity contribution < 1.29 is 17.6 Å². The van der Waals surface area contributed by atoms with E-state index in [1.54, 1.807) is 17.0 Å². The third-order valence-electron chi connectivity index (χ3n) is 6.39. The van der Waals surface area contributed by atoms with Crippen molar-refractivity contribution in [1.29, 1.82) is 0 Å². The van der Waals surface area contributed by atoms with Gasteiger partial charge < -0.3 is 4.90 Å². The third-order valence-corrected chi connectivity index (χ3v) is 7.71. The average Bonchev–Trinajstić information content (AvgIpc) is 3.65. The van der Waals surface area contributed by atoms with Gasteiger partial charge in [0.2, 0.25) is 0 Å². The highest BCUT2D eigenvalue weighted by Crippen LogP contribution is 2.46. The van der Waals surface area contributed by atoms with Crippen molar-refractivity contribution in [3.05, 3.63) is 137 Å². The summed E-state index contributed by atoms with van der Waals surface area (Å²) < 4.78 is 44.5. The number of carbonyl (C=O) groups is 1. The highest BCUT2D eigenvalue weighted by molar-refractivity contribution is 7.90. The molecule has 0 unspecified atom stereocenters. The Hall–Kier alpha value is -4.10. The van der Waals surface area contributed by atoms with Crippen molar-refractivity contribution in [2.45, 2.75) is 30.3 Å². The number of carbonyl (C=O) groups excluding carboxylic acids is 1. The number of hydrogen-bond donors (Lipinski definition) is 0. The zero-order valence-corrected chi connectivity index (χ0v) is 21.0. The maximum absolute atomic E-state index is 13.6. The van der Waals surface area contributed by atoms with Gasteiger partial charge >= 0.3 is 0 Å². The normalized spacial score (nSPS) is 17.5. The lowest BCUT2D eigenvalue weighted by Gasteiger charge is -2.12. The number of halogens is 1. The van der Waals surface area contributed by atoms with E-state index in [0.717, 1.165) is 16.7 Å². The molecule has 5 nitrogen and oxygen atoms in total. The second-order valence-electron chi connectivity index (χ2n) is 9.04. The van der Waals surface area contributed by atoms with Gasteiger partial charge in [0.05, 0.1) is 10.9 Å². The SMILES string of the molecule is Cc1ccc(S(=O)(=O)/N=C(\Cc2ccccc2)N2[C@H](C(=O)c3ccc(F)cc3)[C@H]2c2ccccc2)cc1. The van der Waals surface area contributed by atoms with Crippen LogP contribution in [0.25, 0.3) is 0 Å². The number of ketones is 1. The number of amidine groups is 1. The summed E-state index contributed by atoms with van der Waals surface area (Å²) in [5, 5.41) is 0. The van der Waals surface area contributed by atoms with Gasteiger partial charge in [-0.25, -0.2) is 4.39 Å². The predicted molar refractivity (Wildman–Crippen MR) is 141 cm³/mol. The zero-order valence-electron chi connectivity index (χ0n) is 20.2. The molecule has 1 aliphatic heterocycles. The largest absolute Gasteiger partial charge is 0.337 e. The second-order valence-corrected chi connectivity index (χ2v) is 10.6. The highest BCUT2D eigenvalue weighted by Gasteiger charge is 2.55. The molecule has 1 heterocycles. The molecule has 4 aromatic carbocycles. The molecule has 0 spiro atoms. The summed E-state index contributed by atoms with van der Waals surface area (Å²) in [5.41, 5.74) is 3.03. The first-order chi connectivity index (χ1) is 17.8. The molecule has 7 heteroatoms. The van der Waals surface area contributed by atoms with Crippen LogP contribution in [0.4, 0.5) is 4.39 Å². The van der Waals surface area contributed by atoms with Gasteiger partial charge in [-0.1, -0.05) is 78.4 Å². The second kappa shape index (κ2) is 10.1. The Balaban J connectivity index is 1.59. The molecular formula is C30H25FN2O3S. The molecule has 0 saturated carbocycles. The van der Waals surface area contributed by atoms with Crippen LogP contribution in [0.3, 0.4) is 0 Å². The number of benzene rings is 4. The van der Waals surface area contributed by atoms with E-state index in [0.29, 0.717) is 5.56 Å². The first-order valence-corrected chi connectivity index (χ1v) is 13.3. The number of Topliss-reactive ketones (excluding diaryl/α,β-unsaturated/α-hetero) is 1. The predicted octanol–water partition coefficient (Wildman–Crippen LogP) is 5.77. The molecule has 0 amide bonds. The minimum Gasteiger partial charge on any atom is -0.337 e. The lowest BCUT2D eigenvalue weighted by Crippen LogP contribution is -2.22. The van der Waals surface area contributed by atoms with E-state index < -0.39 is 27.9 Å². The lowest BCUT2D eigenvalue weighted by molar-refractivity contribution is 0.0980. The Morgan fingerprint density at radius 2 is 1.43 bits per heavy atom. The van der Waals surface area contributed by atoms with Crippen LogP contribution < -0.4 is 0 Å². The van der Waals surface area contributed by atoms with Gasteiger partial charge in [-0.2, -0.15) is 8.42 Å². The quantitative estimate of drug-likeness (QED) is 0.136. The van der Waals surface area contributed by atoms with E-state index >= 15 is 0 Å². The van der Waals surface area contributed by atoms with Crippen LogP contribution in [0.1, 0.15) is 33.1 Å². The molecule has 1 fully saturated rings. The number of nitrogens with zero attached hydrogens (tertiary/aromatic N) is 2. The smallest absolute Gasteiger partial charge is 0.283 e. The monoisotopic (exact) mass is 512 g/mol. The summed E-state index contributed by atoms with van der Waals surface area (Å²) in [6, 6.07) is 29.7. The number of aryl methyl sites for hydroxylation is 1. The first-order valence-electron chi connectivity index (χ1n) is 11.9. The van der Waals surface area contributed by atoms with Gasteiger partial charge in [-0.15, -0.1) is 4.40 Å². The van der Waals surface area contributed by atoms with E-state index in [1.807, 2.05) is 67.6 Å². The van der Waals surface area contributed by atoms with Crippen molar-refractivity contribution in [2.24, 2.45) is 4.40 Å². The summed E-state index contributed by atoms with van der Waals surface area (Å²) in [4.78, 5) is 15.4. The maximum atomic E-state index is 13.6. The molecule has 0 bridgehead atoms. The van der Waals surface area contributed by atoms with Gasteiger partial charge in [0, 0.05) is 12.0 Å². The van der Waals surface area contributed by atoms with Crippen molar-refractivity contribution in [3.8, 4) is 0 Å². The fourth-order valence-electron chi connectivity index (χ4n) is 4.45. The van der Waals surface area contributed by atoms with E-state index in [9.17, 15) is 17.6 Å². The van der Waals surface area contributed by atoms with Crippen molar-refractivity contribution >= 4 is 21.6 Å². The van der Waals surface area contributed by atoms with Crippen molar-refractivity contribution in [3.63, 3.8) is 0 Å². The van der Waals surface area contributed by atoms with Crippen LogP contribution in [0.5, 0.6) is 0 Å². The Labute approximate surface area is 216 Å². The summed E-state index contributed by atoms with van der Waals surface area (Å²) in [5.74, 6) is -0.372. The van der Waals surface area contributed by atoms with E-state index in [4.69, 9.17) is 0 Å². The summed E-state index contributed by atoms with van der Waals surface area (Å²) in [6.07, 6.45) is 0.225. The Kier molecular flexibility index (Phi) is 6.72. The van der Waals surface area contributed by atoms with Gasteiger partial charge in [0.25, 0.3) is 10.0 Å². The van der Waals surface area contributed by atoms with E-state index in [1.165, 1.54) is 36.4 Å². The average molecular weight is 513 g/mol. The number of sulfonamides is 1. The van der Waals surface area contributed by atoms with Crippen molar-refractivity contribution in [1.82, 2.24) is 4.90 Å². The van der Waals surface area contributed by atoms with Gasteiger partial charge in [-0.3, -0.25) is 4.79 Å². The first kappa shape index (κ1) is 24.6. The fraction of sp³-hybridized carbons (Fsp3) is 0.133. The summed E-state index contributed by atoms with van der Waals surface area (Å²) in [7, 11) is -4.04. The van der Waals surface area contributed by atoms with Gasteiger partial charge in [-0.05, 0) is 54.4 Å². The van der Waals surface area contributed by atoms with Crippen LogP contribution >= 0.6 is 0 Å². The molecule has 37 heavy (non-hydrogen) atoms. The molecule has 0 N–H and O–H groups in total. The van der Waals surface area contributed by atoms with E-state index in [2.05, 4.69) is 4.40 Å². The molecule has 0 aliphatic carbocycles. The topological polar surface area (TPSA) is 66.6 Å². The highest BCUT2D eigenvalue weighted by atomic mass is 32.2. The minimum absolute atomic E-state index is 0.0863. The van der Waals surface area contributed by atoms with Crippen LogP contribution in [-0.2, 0) is 16.4 Å². The molecule has 186 valence electrons. The van der Waals surface area contributed by atoms with Crippen LogP contribution in [0.15, 0.2) is 118 Å². The zero-order chi connectivity index (χ0) is 26.0. The Morgan fingerprint density at radius 1 is 0.838 bits per heavy atom. The Morgan fingerprint density at radius 3 is 2.05 bits per heavy atom. The van der Waals surface area contributed by atoms with Gasteiger partial charge in [0.1, 0.15) is 17.7 Å². The summed E-state index contributed by atoms with van der Waals surface area (Å²) in [6.45, 7) is 1.88. The standard InChI is InChI=1S/C30H25FN2O3S/c1-21-12-18-26(19-13-21)37(35,36)32-27(20-22-8-4-2-5-9-22)33-28(23-10-6-3-7-11-23)29(33)30(34)24-14-16-25(31)17-15-24/h2-19,28-29H,20H2,1H3/b32-27+/t28-,29+,33?/m1/s1. The van der Waals surface area contributed by atoms with E-state index in [-0.39, 0.29) is 22.9 Å². The number of hydrogen-bond acceptors (Lipinski definition) is 3. The van der Waals surface area contributed by atoms with Crippen molar-refractivity contribution in [2.75, 3.05) is 0 Å². The molecule has 1 aliphatic rings. The molecule has 1 saturated heterocycles. The van der Waals surface area contributed by atoms with Gasteiger partial charge in [0.15, 0.2) is 5.78 Å². The fourth-order valence-corrected chi connectivity index (χ4v) is 5.47. The molecular weight excluding hydrogens is 487 g/mol. The number of rotatable bonds is 7. The third kappa shape index (κ3) is 5.37. The molecule has 0 aromatic heterocycles. The molecule has 4 aromatic rings. The Bertz CT molecular complexity index is 1540. The molecule has 2 atom stereocenters. The summed E-state index contributed by atoms with van der Waals surface area (Å²) >= 11 is 0. The minimum atomic E-state index is -4.04. The molecule has 5 rings (SSSR count). The van der Waals surface area contributed by atoms with Crippen LogP contribution in [0.2, 0.25) is 0 Å². The van der Waals surface area contributed by atoms with Crippen LogP contribution in [0, 0.1) is 12.7 Å². The molecule has 0 radical (unpaired) electrons. The maximum Gasteiger partial charge on any atom is 0.283 e.